The molecule has 1 aromatic rings. The van der Waals surface area contributed by atoms with Crippen LogP contribution in [0.25, 0.3) is 0 Å². The Morgan fingerprint density at radius 2 is 2.39 bits per heavy atom. The maximum Gasteiger partial charge on any atom is 0.165 e. The minimum Gasteiger partial charge on any atom is -0.494 e. The van der Waals surface area contributed by atoms with Crippen molar-refractivity contribution in [1.82, 2.24) is 0 Å². The number of hydrogen-bond acceptors (Lipinski definition) is 2. The molecule has 0 aliphatic carbocycles. The maximum absolute atomic E-state index is 13.6. The predicted octanol–water partition coefficient (Wildman–Crippen LogP) is 0.700. The van der Waals surface area contributed by atoms with Gasteiger partial charge in [0.05, 0.1) is 33.4 Å². The standard InChI is InChI=1S/C14H20FNO2/c1-16-5-6-18-10-12(9-16)7-11-3-4-14(17-2)13(15)8-11/h3-4,8,12,16H,1,5-7,9-10H2,2H3. The summed E-state index contributed by atoms with van der Waals surface area (Å²) in [4.78, 5) is 1.23. The molecule has 0 bridgehead atoms. The van der Waals surface area contributed by atoms with Crippen LogP contribution in [0.3, 0.4) is 0 Å². The van der Waals surface area contributed by atoms with Gasteiger partial charge in [-0.25, -0.2) is 4.39 Å². The Morgan fingerprint density at radius 3 is 3.11 bits per heavy atom. The largest absolute Gasteiger partial charge is 0.494 e. The molecule has 0 amide bonds. The van der Waals surface area contributed by atoms with Crippen molar-refractivity contribution in [3.63, 3.8) is 0 Å². The van der Waals surface area contributed by atoms with E-state index in [1.807, 2.05) is 6.07 Å². The maximum atomic E-state index is 13.6. The highest BCUT2D eigenvalue weighted by molar-refractivity contribution is 5.29. The molecule has 2 unspecified atom stereocenters. The summed E-state index contributed by atoms with van der Waals surface area (Å²) in [6, 6.07) is 5.14. The molecule has 3 nitrogen and oxygen atoms in total. The number of benzene rings is 1. The van der Waals surface area contributed by atoms with E-state index in [2.05, 4.69) is 7.05 Å². The van der Waals surface area contributed by atoms with Crippen LogP contribution < -0.4 is 9.64 Å². The molecule has 4 heteroatoms. The van der Waals surface area contributed by atoms with Gasteiger partial charge in [0.1, 0.15) is 0 Å². The van der Waals surface area contributed by atoms with E-state index in [0.29, 0.717) is 11.7 Å². The average Bonchev–Trinajstić information content (AvgIpc) is 2.54. The Hall–Kier alpha value is -1.13. The summed E-state index contributed by atoms with van der Waals surface area (Å²) < 4.78 is 24.0. The van der Waals surface area contributed by atoms with Gasteiger partial charge in [0.25, 0.3) is 0 Å². The summed E-state index contributed by atoms with van der Waals surface area (Å²) in [7, 11) is 5.51. The smallest absolute Gasteiger partial charge is 0.165 e. The van der Waals surface area contributed by atoms with E-state index in [1.165, 1.54) is 12.0 Å². The van der Waals surface area contributed by atoms with Crippen molar-refractivity contribution in [2.45, 2.75) is 6.42 Å². The van der Waals surface area contributed by atoms with Gasteiger partial charge in [-0.1, -0.05) is 6.07 Å². The van der Waals surface area contributed by atoms with Crippen LogP contribution in [0.5, 0.6) is 5.75 Å². The first-order valence-corrected chi connectivity index (χ1v) is 6.26. The van der Waals surface area contributed by atoms with E-state index >= 15 is 0 Å². The second-order valence-corrected chi connectivity index (χ2v) is 4.82. The van der Waals surface area contributed by atoms with Crippen LogP contribution in [0.1, 0.15) is 5.56 Å². The second-order valence-electron chi connectivity index (χ2n) is 4.82. The highest BCUT2D eigenvalue weighted by Crippen LogP contribution is 2.19. The van der Waals surface area contributed by atoms with Crippen LogP contribution in [-0.2, 0) is 11.2 Å². The zero-order chi connectivity index (χ0) is 13.0. The third-order valence-corrected chi connectivity index (χ3v) is 3.27. The molecular formula is C14H20FNO2. The molecular weight excluding hydrogens is 233 g/mol. The second kappa shape index (κ2) is 6.16. The molecule has 18 heavy (non-hydrogen) atoms. The van der Waals surface area contributed by atoms with E-state index in [0.717, 1.165) is 38.3 Å². The van der Waals surface area contributed by atoms with Crippen molar-refractivity contribution in [2.75, 3.05) is 33.4 Å². The molecule has 1 aliphatic rings. The number of hydrogen-bond donors (Lipinski definition) is 1. The first kappa shape index (κ1) is 13.3. The summed E-state index contributed by atoms with van der Waals surface area (Å²) in [5.41, 5.74) is 0.983. The van der Waals surface area contributed by atoms with Crippen molar-refractivity contribution < 1.29 is 18.8 Å². The normalized spacial score (nSPS) is 24.6. The predicted molar refractivity (Wildman–Crippen MR) is 67.0 cm³/mol. The van der Waals surface area contributed by atoms with E-state index in [-0.39, 0.29) is 5.82 Å². The Bertz CT molecular complexity index is 397. The number of rotatable bonds is 3. The van der Waals surface area contributed by atoms with Crippen molar-refractivity contribution in [2.24, 2.45) is 5.92 Å². The molecule has 1 aromatic carbocycles. The van der Waals surface area contributed by atoms with Crippen LogP contribution in [0.4, 0.5) is 4.39 Å². The average molecular weight is 253 g/mol. The third kappa shape index (κ3) is 3.43. The fourth-order valence-corrected chi connectivity index (χ4v) is 2.34. The molecule has 2 rings (SSSR count). The molecule has 2 atom stereocenters. The third-order valence-electron chi connectivity index (χ3n) is 3.27. The number of quaternary nitrogens is 1. The fourth-order valence-electron chi connectivity index (χ4n) is 2.34. The van der Waals surface area contributed by atoms with Crippen molar-refractivity contribution in [1.29, 1.82) is 0 Å². The molecule has 1 saturated heterocycles. The molecule has 0 aromatic heterocycles. The number of methoxy groups -OCH3 is 1. The van der Waals surface area contributed by atoms with E-state index in [4.69, 9.17) is 9.47 Å². The van der Waals surface area contributed by atoms with Crippen molar-refractivity contribution in [3.8, 4) is 5.75 Å². The molecule has 0 radical (unpaired) electrons. The fraction of sp³-hybridized carbons (Fsp3) is 0.500. The monoisotopic (exact) mass is 253 g/mol. The van der Waals surface area contributed by atoms with Gasteiger partial charge in [-0.05, 0) is 24.1 Å². The van der Waals surface area contributed by atoms with Gasteiger partial charge in [-0.3, -0.25) is 0 Å². The van der Waals surface area contributed by atoms with Gasteiger partial charge >= 0.3 is 0 Å². The van der Waals surface area contributed by atoms with Gasteiger partial charge < -0.3 is 14.4 Å². The number of halogens is 1. The number of nitrogens with one attached hydrogen (secondary N) is 1. The first-order chi connectivity index (χ1) is 8.69. The van der Waals surface area contributed by atoms with Gasteiger partial charge in [0.15, 0.2) is 11.6 Å². The molecule has 1 fully saturated rings. The lowest BCUT2D eigenvalue weighted by molar-refractivity contribution is -0.855. The molecule has 0 spiro atoms. The Balaban J connectivity index is 2.01. The van der Waals surface area contributed by atoms with Crippen LogP contribution in [-0.4, -0.2) is 33.4 Å². The molecule has 1 aliphatic heterocycles. The minimum atomic E-state index is -0.302. The minimum absolute atomic E-state index is 0.292. The van der Waals surface area contributed by atoms with Crippen LogP contribution in [0, 0.1) is 18.8 Å². The van der Waals surface area contributed by atoms with Gasteiger partial charge in [-0.15, -0.1) is 0 Å². The topological polar surface area (TPSA) is 22.9 Å². The van der Waals surface area contributed by atoms with E-state index in [1.54, 1.807) is 12.1 Å². The summed E-state index contributed by atoms with van der Waals surface area (Å²) >= 11 is 0. The summed E-state index contributed by atoms with van der Waals surface area (Å²) in [5, 5.41) is 0. The van der Waals surface area contributed by atoms with E-state index in [9.17, 15) is 4.39 Å². The van der Waals surface area contributed by atoms with Gasteiger partial charge in [0.2, 0.25) is 0 Å². The summed E-state index contributed by atoms with van der Waals surface area (Å²) in [6.07, 6.45) is 0.819. The molecule has 100 valence electrons. The zero-order valence-electron chi connectivity index (χ0n) is 10.7. The molecule has 0 saturated carbocycles. The first-order valence-electron chi connectivity index (χ1n) is 6.26. The molecule has 1 N–H and O–H groups in total. The summed E-state index contributed by atoms with van der Waals surface area (Å²) in [5.74, 6) is 0.386. The Kier molecular flexibility index (Phi) is 4.55. The highest BCUT2D eigenvalue weighted by Gasteiger charge is 2.17. The lowest BCUT2D eigenvalue weighted by atomic mass is 9.99. The van der Waals surface area contributed by atoms with Gasteiger partial charge in [0, 0.05) is 5.92 Å². The highest BCUT2D eigenvalue weighted by atomic mass is 19.1. The van der Waals surface area contributed by atoms with Crippen LogP contribution in [0.15, 0.2) is 18.2 Å². The zero-order valence-corrected chi connectivity index (χ0v) is 10.7. The van der Waals surface area contributed by atoms with Crippen LogP contribution >= 0.6 is 0 Å². The number of ether oxygens (including phenoxy) is 2. The lowest BCUT2D eigenvalue weighted by Gasteiger charge is -2.21. The van der Waals surface area contributed by atoms with Crippen LogP contribution in [0.2, 0.25) is 0 Å². The van der Waals surface area contributed by atoms with Crippen molar-refractivity contribution >= 4 is 0 Å². The van der Waals surface area contributed by atoms with E-state index < -0.39 is 0 Å². The summed E-state index contributed by atoms with van der Waals surface area (Å²) in [6.45, 7) is 3.39. The van der Waals surface area contributed by atoms with Crippen molar-refractivity contribution in [3.05, 3.63) is 36.6 Å². The molecule has 1 heterocycles. The van der Waals surface area contributed by atoms with Gasteiger partial charge in [-0.2, -0.15) is 7.05 Å². The Labute approximate surface area is 107 Å². The SMILES string of the molecule is [CH2-][NH+]1CCOCC(Cc2ccc(OC)c(F)c2)C1. The Morgan fingerprint density at radius 1 is 1.56 bits per heavy atom. The quantitative estimate of drug-likeness (QED) is 0.801. The lowest BCUT2D eigenvalue weighted by Crippen LogP contribution is -3.07.